The van der Waals surface area contributed by atoms with E-state index in [1.165, 1.54) is 0 Å². The molecular weight excluding hydrogens is 294 g/mol. The second-order valence-corrected chi connectivity index (χ2v) is 5.44. The van der Waals surface area contributed by atoms with E-state index in [-0.39, 0.29) is 12.1 Å². The third-order valence-electron chi connectivity index (χ3n) is 3.63. The molecule has 6 heteroatoms. The SMILES string of the molecule is CCNC(c1cc2c(cc1Cl)OCCO2)C1COCCO1. The molecule has 0 aromatic heterocycles. The van der Waals surface area contributed by atoms with E-state index in [1.807, 2.05) is 12.1 Å². The van der Waals surface area contributed by atoms with Crippen LogP contribution in [-0.2, 0) is 9.47 Å². The topological polar surface area (TPSA) is 49.0 Å². The van der Waals surface area contributed by atoms with Crippen LogP contribution in [0.3, 0.4) is 0 Å². The van der Waals surface area contributed by atoms with Gasteiger partial charge in [0.1, 0.15) is 19.3 Å². The number of halogens is 1. The van der Waals surface area contributed by atoms with Gasteiger partial charge in [0, 0.05) is 11.1 Å². The number of hydrogen-bond donors (Lipinski definition) is 1. The van der Waals surface area contributed by atoms with Crippen LogP contribution in [0.15, 0.2) is 12.1 Å². The first-order chi connectivity index (χ1) is 10.3. The Kier molecular flexibility index (Phi) is 4.85. The van der Waals surface area contributed by atoms with Gasteiger partial charge in [0.2, 0.25) is 0 Å². The van der Waals surface area contributed by atoms with Gasteiger partial charge >= 0.3 is 0 Å². The maximum absolute atomic E-state index is 6.44. The Morgan fingerprint density at radius 1 is 1.19 bits per heavy atom. The Bertz CT molecular complexity index is 491. The molecule has 0 radical (unpaired) electrons. The summed E-state index contributed by atoms with van der Waals surface area (Å²) in [5.74, 6) is 1.44. The summed E-state index contributed by atoms with van der Waals surface area (Å²) in [5, 5.41) is 4.08. The smallest absolute Gasteiger partial charge is 0.162 e. The van der Waals surface area contributed by atoms with Crippen LogP contribution in [0.25, 0.3) is 0 Å². The number of ether oxygens (including phenoxy) is 4. The summed E-state index contributed by atoms with van der Waals surface area (Å²) < 4.78 is 22.6. The van der Waals surface area contributed by atoms with Gasteiger partial charge in [0.15, 0.2) is 11.5 Å². The molecule has 0 aliphatic carbocycles. The normalized spacial score (nSPS) is 22.9. The first-order valence-electron chi connectivity index (χ1n) is 7.31. The highest BCUT2D eigenvalue weighted by Gasteiger charge is 2.29. The molecule has 1 N–H and O–H groups in total. The van der Waals surface area contributed by atoms with Crippen LogP contribution in [0.5, 0.6) is 11.5 Å². The summed E-state index contributed by atoms with van der Waals surface area (Å²) in [4.78, 5) is 0. The fourth-order valence-corrected chi connectivity index (χ4v) is 2.95. The minimum atomic E-state index is -0.0567. The van der Waals surface area contributed by atoms with Crippen molar-refractivity contribution in [3.63, 3.8) is 0 Å². The zero-order valence-electron chi connectivity index (χ0n) is 12.1. The lowest BCUT2D eigenvalue weighted by molar-refractivity contribution is -0.102. The molecule has 3 rings (SSSR count). The van der Waals surface area contributed by atoms with E-state index < -0.39 is 0 Å². The van der Waals surface area contributed by atoms with Crippen molar-refractivity contribution in [2.45, 2.75) is 19.1 Å². The highest BCUT2D eigenvalue weighted by atomic mass is 35.5. The largest absolute Gasteiger partial charge is 0.486 e. The molecule has 21 heavy (non-hydrogen) atoms. The Hall–Kier alpha value is -1.01. The predicted octanol–water partition coefficient (Wildman–Crippen LogP) is 2.18. The fraction of sp³-hybridized carbons (Fsp3) is 0.600. The molecule has 0 spiro atoms. The molecule has 2 unspecified atom stereocenters. The van der Waals surface area contributed by atoms with Crippen molar-refractivity contribution >= 4 is 11.6 Å². The summed E-state index contributed by atoms with van der Waals surface area (Å²) in [5.41, 5.74) is 0.957. The highest BCUT2D eigenvalue weighted by Crippen LogP contribution is 2.39. The predicted molar refractivity (Wildman–Crippen MR) is 79.4 cm³/mol. The number of fused-ring (bicyclic) bond motifs is 1. The van der Waals surface area contributed by atoms with Crippen molar-refractivity contribution in [1.29, 1.82) is 0 Å². The number of hydrogen-bond acceptors (Lipinski definition) is 5. The van der Waals surface area contributed by atoms with Crippen molar-refractivity contribution < 1.29 is 18.9 Å². The molecule has 2 aliphatic rings. The molecular formula is C15H20ClNO4. The van der Waals surface area contributed by atoms with Crippen LogP contribution in [0.1, 0.15) is 18.5 Å². The third-order valence-corrected chi connectivity index (χ3v) is 3.96. The fourth-order valence-electron chi connectivity index (χ4n) is 2.68. The minimum Gasteiger partial charge on any atom is -0.486 e. The van der Waals surface area contributed by atoms with Gasteiger partial charge in [-0.15, -0.1) is 0 Å². The van der Waals surface area contributed by atoms with Gasteiger partial charge in [-0.05, 0) is 18.2 Å². The Balaban J connectivity index is 1.90. The van der Waals surface area contributed by atoms with Crippen molar-refractivity contribution in [3.05, 3.63) is 22.7 Å². The summed E-state index contributed by atoms with van der Waals surface area (Å²) in [6, 6.07) is 3.74. The molecule has 0 amide bonds. The van der Waals surface area contributed by atoms with Gasteiger partial charge in [0.25, 0.3) is 0 Å². The maximum Gasteiger partial charge on any atom is 0.162 e. The van der Waals surface area contributed by atoms with E-state index in [9.17, 15) is 0 Å². The van der Waals surface area contributed by atoms with Gasteiger partial charge in [-0.1, -0.05) is 18.5 Å². The van der Waals surface area contributed by atoms with Crippen LogP contribution in [0.2, 0.25) is 5.02 Å². The van der Waals surface area contributed by atoms with Crippen LogP contribution in [0, 0.1) is 0 Å². The third kappa shape index (κ3) is 3.26. The Morgan fingerprint density at radius 3 is 2.62 bits per heavy atom. The number of rotatable bonds is 4. The van der Waals surface area contributed by atoms with E-state index >= 15 is 0 Å². The van der Waals surface area contributed by atoms with Crippen LogP contribution >= 0.6 is 11.6 Å². The van der Waals surface area contributed by atoms with E-state index in [4.69, 9.17) is 30.5 Å². The van der Waals surface area contributed by atoms with E-state index in [0.29, 0.717) is 43.8 Å². The van der Waals surface area contributed by atoms with Crippen molar-refractivity contribution in [2.75, 3.05) is 39.6 Å². The maximum atomic E-state index is 6.44. The van der Waals surface area contributed by atoms with E-state index in [0.717, 1.165) is 17.9 Å². The monoisotopic (exact) mass is 313 g/mol. The average molecular weight is 314 g/mol. The zero-order chi connectivity index (χ0) is 14.7. The van der Waals surface area contributed by atoms with E-state index in [2.05, 4.69) is 12.2 Å². The zero-order valence-corrected chi connectivity index (χ0v) is 12.8. The van der Waals surface area contributed by atoms with Gasteiger partial charge < -0.3 is 24.3 Å². The quantitative estimate of drug-likeness (QED) is 0.923. The lowest BCUT2D eigenvalue weighted by Crippen LogP contribution is -2.40. The van der Waals surface area contributed by atoms with Crippen LogP contribution < -0.4 is 14.8 Å². The second kappa shape index (κ2) is 6.83. The van der Waals surface area contributed by atoms with Gasteiger partial charge in [-0.25, -0.2) is 0 Å². The van der Waals surface area contributed by atoms with Crippen LogP contribution in [0.4, 0.5) is 0 Å². The molecule has 1 aromatic rings. The molecule has 0 saturated carbocycles. The molecule has 116 valence electrons. The molecule has 1 saturated heterocycles. The van der Waals surface area contributed by atoms with Gasteiger partial charge in [0.05, 0.1) is 25.9 Å². The summed E-state index contributed by atoms with van der Waals surface area (Å²) >= 11 is 6.44. The second-order valence-electron chi connectivity index (χ2n) is 5.04. The number of benzene rings is 1. The standard InChI is InChI=1S/C15H20ClNO4/c1-2-17-15(14-9-18-3-4-21-14)10-7-12-13(8-11(10)16)20-6-5-19-12/h7-8,14-15,17H,2-6,9H2,1H3. The van der Waals surface area contributed by atoms with Crippen molar-refractivity contribution in [3.8, 4) is 11.5 Å². The molecule has 1 aromatic carbocycles. The van der Waals surface area contributed by atoms with Crippen molar-refractivity contribution in [1.82, 2.24) is 5.32 Å². The minimum absolute atomic E-state index is 0.0290. The molecule has 5 nitrogen and oxygen atoms in total. The first kappa shape index (κ1) is 14.9. The lowest BCUT2D eigenvalue weighted by Gasteiger charge is -2.32. The first-order valence-corrected chi connectivity index (χ1v) is 7.69. The van der Waals surface area contributed by atoms with Crippen molar-refractivity contribution in [2.24, 2.45) is 0 Å². The Labute approximate surface area is 129 Å². The number of nitrogens with one attached hydrogen (secondary N) is 1. The summed E-state index contributed by atoms with van der Waals surface area (Å²) in [7, 11) is 0. The summed E-state index contributed by atoms with van der Waals surface area (Å²) in [6.45, 7) is 5.79. The van der Waals surface area contributed by atoms with E-state index in [1.54, 1.807) is 0 Å². The van der Waals surface area contributed by atoms with Gasteiger partial charge in [-0.2, -0.15) is 0 Å². The Morgan fingerprint density at radius 2 is 1.95 bits per heavy atom. The highest BCUT2D eigenvalue weighted by molar-refractivity contribution is 6.31. The number of likely N-dealkylation sites (N-methyl/N-ethyl adjacent to an activating group) is 1. The molecule has 2 aliphatic heterocycles. The van der Waals surface area contributed by atoms with Crippen LogP contribution in [-0.4, -0.2) is 45.7 Å². The molecule has 2 heterocycles. The average Bonchev–Trinajstić information content (AvgIpc) is 2.53. The molecule has 0 bridgehead atoms. The molecule has 2 atom stereocenters. The van der Waals surface area contributed by atoms with Gasteiger partial charge in [-0.3, -0.25) is 0 Å². The molecule has 1 fully saturated rings. The summed E-state index contributed by atoms with van der Waals surface area (Å²) in [6.07, 6.45) is -0.0567. The lowest BCUT2D eigenvalue weighted by atomic mass is 10.00.